The number of aromatic nitrogens is 2. The smallest absolute Gasteiger partial charge is 0.169 e. The predicted octanol–water partition coefficient (Wildman–Crippen LogP) is 3.26. The standard InChI is InChI=1S/C15H11FN2O/c1-10-3-2-8-18-13(9-19)14(17-15(10)18)11-4-6-12(16)7-5-11/h2-9H,1H3. The summed E-state index contributed by atoms with van der Waals surface area (Å²) in [5, 5.41) is 0. The molecule has 3 nitrogen and oxygen atoms in total. The number of aryl methyl sites for hydroxylation is 1. The molecule has 0 bridgehead atoms. The topological polar surface area (TPSA) is 34.4 Å². The van der Waals surface area contributed by atoms with E-state index in [1.54, 1.807) is 22.7 Å². The van der Waals surface area contributed by atoms with E-state index in [4.69, 9.17) is 0 Å². The molecule has 94 valence electrons. The third-order valence-corrected chi connectivity index (χ3v) is 3.11. The Hall–Kier alpha value is -2.49. The molecule has 0 saturated heterocycles. The van der Waals surface area contributed by atoms with E-state index in [0.29, 0.717) is 11.4 Å². The maximum atomic E-state index is 13.0. The van der Waals surface area contributed by atoms with Crippen molar-refractivity contribution in [1.82, 2.24) is 9.38 Å². The van der Waals surface area contributed by atoms with Crippen LogP contribution in [0.4, 0.5) is 4.39 Å². The Morgan fingerprint density at radius 1 is 1.21 bits per heavy atom. The first-order valence-corrected chi connectivity index (χ1v) is 5.89. The molecular formula is C15H11FN2O. The first kappa shape index (κ1) is 11.6. The number of hydrogen-bond donors (Lipinski definition) is 0. The molecule has 0 saturated carbocycles. The quantitative estimate of drug-likeness (QED) is 0.658. The summed E-state index contributed by atoms with van der Waals surface area (Å²) in [6.07, 6.45) is 2.57. The van der Waals surface area contributed by atoms with Gasteiger partial charge in [0.1, 0.15) is 22.9 Å². The van der Waals surface area contributed by atoms with Gasteiger partial charge in [-0.1, -0.05) is 6.07 Å². The van der Waals surface area contributed by atoms with Crippen LogP contribution in [0.25, 0.3) is 16.9 Å². The lowest BCUT2D eigenvalue weighted by atomic mass is 10.1. The first-order chi connectivity index (χ1) is 9.20. The summed E-state index contributed by atoms with van der Waals surface area (Å²) in [6, 6.07) is 9.78. The number of pyridine rings is 1. The summed E-state index contributed by atoms with van der Waals surface area (Å²) < 4.78 is 14.7. The van der Waals surface area contributed by atoms with Crippen molar-refractivity contribution in [2.24, 2.45) is 0 Å². The van der Waals surface area contributed by atoms with E-state index >= 15 is 0 Å². The third-order valence-electron chi connectivity index (χ3n) is 3.11. The molecule has 0 amide bonds. The Kier molecular flexibility index (Phi) is 2.63. The van der Waals surface area contributed by atoms with Gasteiger partial charge in [0.05, 0.1) is 0 Å². The van der Waals surface area contributed by atoms with Crippen molar-refractivity contribution in [2.45, 2.75) is 6.92 Å². The molecular weight excluding hydrogens is 243 g/mol. The Morgan fingerprint density at radius 3 is 2.63 bits per heavy atom. The van der Waals surface area contributed by atoms with Crippen molar-refractivity contribution in [3.63, 3.8) is 0 Å². The lowest BCUT2D eigenvalue weighted by Crippen LogP contribution is -1.92. The van der Waals surface area contributed by atoms with Gasteiger partial charge in [0.25, 0.3) is 0 Å². The number of nitrogens with zero attached hydrogens (tertiary/aromatic N) is 2. The molecule has 0 radical (unpaired) electrons. The SMILES string of the molecule is Cc1cccn2c(C=O)c(-c3ccc(F)cc3)nc12. The highest BCUT2D eigenvalue weighted by Crippen LogP contribution is 2.24. The number of fused-ring (bicyclic) bond motifs is 1. The van der Waals surface area contributed by atoms with E-state index in [9.17, 15) is 9.18 Å². The average molecular weight is 254 g/mol. The van der Waals surface area contributed by atoms with Gasteiger partial charge in [-0.25, -0.2) is 9.37 Å². The molecule has 2 aromatic heterocycles. The fourth-order valence-corrected chi connectivity index (χ4v) is 2.16. The number of rotatable bonds is 2. The monoisotopic (exact) mass is 254 g/mol. The van der Waals surface area contributed by atoms with Crippen molar-refractivity contribution < 1.29 is 9.18 Å². The van der Waals surface area contributed by atoms with Gasteiger partial charge in [0, 0.05) is 11.8 Å². The molecule has 2 heterocycles. The van der Waals surface area contributed by atoms with Crippen LogP contribution in [0.3, 0.4) is 0 Å². The van der Waals surface area contributed by atoms with E-state index in [-0.39, 0.29) is 5.82 Å². The first-order valence-electron chi connectivity index (χ1n) is 5.89. The number of benzene rings is 1. The lowest BCUT2D eigenvalue weighted by molar-refractivity contribution is 0.111. The van der Waals surface area contributed by atoms with E-state index < -0.39 is 0 Å². The Bertz CT molecular complexity index is 760. The second kappa shape index (κ2) is 4.31. The number of halogens is 1. The van der Waals surface area contributed by atoms with Crippen LogP contribution in [0.1, 0.15) is 16.1 Å². The van der Waals surface area contributed by atoms with Crippen LogP contribution in [-0.4, -0.2) is 15.7 Å². The van der Waals surface area contributed by atoms with Crippen LogP contribution in [0.2, 0.25) is 0 Å². The van der Waals surface area contributed by atoms with Crippen LogP contribution >= 0.6 is 0 Å². The lowest BCUT2D eigenvalue weighted by Gasteiger charge is -1.98. The molecule has 0 N–H and O–H groups in total. The number of carbonyl (C=O) groups is 1. The van der Waals surface area contributed by atoms with Crippen molar-refractivity contribution in [2.75, 3.05) is 0 Å². The number of hydrogen-bond acceptors (Lipinski definition) is 2. The van der Waals surface area contributed by atoms with E-state index in [0.717, 1.165) is 23.1 Å². The van der Waals surface area contributed by atoms with Gasteiger partial charge in [-0.05, 0) is 42.8 Å². The van der Waals surface area contributed by atoms with Crippen molar-refractivity contribution in [3.05, 3.63) is 59.7 Å². The minimum atomic E-state index is -0.309. The summed E-state index contributed by atoms with van der Waals surface area (Å²) in [5.74, 6) is -0.309. The molecule has 0 spiro atoms. The number of carbonyl (C=O) groups excluding carboxylic acids is 1. The van der Waals surface area contributed by atoms with Crippen LogP contribution in [0.15, 0.2) is 42.6 Å². The molecule has 4 heteroatoms. The molecule has 0 unspecified atom stereocenters. The summed E-state index contributed by atoms with van der Waals surface area (Å²) >= 11 is 0. The fraction of sp³-hybridized carbons (Fsp3) is 0.0667. The highest BCUT2D eigenvalue weighted by atomic mass is 19.1. The van der Waals surface area contributed by atoms with Crippen LogP contribution in [0.5, 0.6) is 0 Å². The minimum absolute atomic E-state index is 0.309. The summed E-state index contributed by atoms with van der Waals surface area (Å²) in [7, 11) is 0. The molecule has 0 aliphatic carbocycles. The second-order valence-electron chi connectivity index (χ2n) is 4.36. The van der Waals surface area contributed by atoms with Gasteiger partial charge < -0.3 is 0 Å². The normalized spacial score (nSPS) is 10.8. The van der Waals surface area contributed by atoms with Crippen LogP contribution in [-0.2, 0) is 0 Å². The van der Waals surface area contributed by atoms with Crippen molar-refractivity contribution >= 4 is 11.9 Å². The zero-order chi connectivity index (χ0) is 13.4. The molecule has 0 atom stereocenters. The van der Waals surface area contributed by atoms with Gasteiger partial charge in [-0.3, -0.25) is 9.20 Å². The zero-order valence-electron chi connectivity index (χ0n) is 10.3. The van der Waals surface area contributed by atoms with Crippen molar-refractivity contribution in [1.29, 1.82) is 0 Å². The van der Waals surface area contributed by atoms with E-state index in [1.807, 2.05) is 19.1 Å². The minimum Gasteiger partial charge on any atom is -0.297 e. The van der Waals surface area contributed by atoms with Crippen LogP contribution < -0.4 is 0 Å². The van der Waals surface area contributed by atoms with Gasteiger partial charge >= 0.3 is 0 Å². The molecule has 19 heavy (non-hydrogen) atoms. The third kappa shape index (κ3) is 1.81. The molecule has 1 aromatic carbocycles. The zero-order valence-corrected chi connectivity index (χ0v) is 10.3. The summed E-state index contributed by atoms with van der Waals surface area (Å²) in [5.41, 5.74) is 3.50. The number of aldehydes is 1. The molecule has 0 aliphatic rings. The number of imidazole rings is 1. The van der Waals surface area contributed by atoms with Crippen molar-refractivity contribution in [3.8, 4) is 11.3 Å². The van der Waals surface area contributed by atoms with E-state index in [1.165, 1.54) is 12.1 Å². The molecule has 3 aromatic rings. The largest absolute Gasteiger partial charge is 0.297 e. The second-order valence-corrected chi connectivity index (χ2v) is 4.36. The predicted molar refractivity (Wildman–Crippen MR) is 70.7 cm³/mol. The highest BCUT2D eigenvalue weighted by molar-refractivity contribution is 5.86. The summed E-state index contributed by atoms with van der Waals surface area (Å²) in [4.78, 5) is 15.8. The van der Waals surface area contributed by atoms with Gasteiger partial charge in [-0.2, -0.15) is 0 Å². The molecule has 0 aliphatic heterocycles. The van der Waals surface area contributed by atoms with Gasteiger partial charge in [-0.15, -0.1) is 0 Å². The van der Waals surface area contributed by atoms with Gasteiger partial charge in [0.2, 0.25) is 0 Å². The molecule has 3 rings (SSSR count). The van der Waals surface area contributed by atoms with E-state index in [2.05, 4.69) is 4.98 Å². The maximum Gasteiger partial charge on any atom is 0.169 e. The summed E-state index contributed by atoms with van der Waals surface area (Å²) in [6.45, 7) is 1.94. The Labute approximate surface area is 109 Å². The highest BCUT2D eigenvalue weighted by Gasteiger charge is 2.14. The Balaban J connectivity index is 2.32. The molecule has 0 fully saturated rings. The maximum absolute atomic E-state index is 13.0. The fourth-order valence-electron chi connectivity index (χ4n) is 2.16. The van der Waals surface area contributed by atoms with Crippen LogP contribution in [0, 0.1) is 12.7 Å². The average Bonchev–Trinajstić information content (AvgIpc) is 2.79. The Morgan fingerprint density at radius 2 is 1.95 bits per heavy atom. The van der Waals surface area contributed by atoms with Gasteiger partial charge in [0.15, 0.2) is 6.29 Å².